The number of carbonyl (C=O) groups is 1. The molecule has 142 valence electrons. The predicted molar refractivity (Wildman–Crippen MR) is 108 cm³/mol. The Kier molecular flexibility index (Phi) is 4.58. The molecular weight excluding hydrogens is 336 g/mol. The van der Waals surface area contributed by atoms with Gasteiger partial charge in [0.05, 0.1) is 12.1 Å². The first-order valence-electron chi connectivity index (χ1n) is 9.84. The fourth-order valence-electron chi connectivity index (χ4n) is 4.45. The Balaban J connectivity index is 1.74. The summed E-state index contributed by atoms with van der Waals surface area (Å²) in [6.07, 6.45) is 1.87. The SMILES string of the molecule is CC(C)(C)OC(=O)N1CCC[C@H]2[C@@H](c3ccccc3)Nc3ccccc3[C@@H]21. The molecule has 0 saturated carbocycles. The van der Waals surface area contributed by atoms with E-state index in [2.05, 4.69) is 53.8 Å². The van der Waals surface area contributed by atoms with E-state index >= 15 is 0 Å². The lowest BCUT2D eigenvalue weighted by atomic mass is 9.74. The Morgan fingerprint density at radius 2 is 1.78 bits per heavy atom. The van der Waals surface area contributed by atoms with E-state index in [-0.39, 0.29) is 18.2 Å². The Morgan fingerprint density at radius 1 is 1.07 bits per heavy atom. The standard InChI is InChI=1S/C23H28N2O2/c1-23(2,3)27-22(26)25-15-9-13-18-20(16-10-5-4-6-11-16)24-19-14-8-7-12-17(19)21(18)25/h4-8,10-12,14,18,20-21,24H,9,13,15H2,1-3H3/t18-,20+,21-/m0/s1. The minimum atomic E-state index is -0.491. The van der Waals surface area contributed by atoms with Crippen LogP contribution in [0.4, 0.5) is 10.5 Å². The van der Waals surface area contributed by atoms with Crippen molar-refractivity contribution in [2.24, 2.45) is 5.92 Å². The molecule has 2 aromatic rings. The molecule has 4 rings (SSSR count). The number of likely N-dealkylation sites (tertiary alicyclic amines) is 1. The number of nitrogens with zero attached hydrogens (tertiary/aromatic N) is 1. The van der Waals surface area contributed by atoms with Crippen molar-refractivity contribution in [1.82, 2.24) is 4.90 Å². The Hall–Kier alpha value is -2.49. The molecule has 2 aliphatic rings. The molecule has 0 bridgehead atoms. The fourth-order valence-corrected chi connectivity index (χ4v) is 4.45. The van der Waals surface area contributed by atoms with Crippen molar-refractivity contribution in [3.8, 4) is 0 Å². The van der Waals surface area contributed by atoms with Crippen LogP contribution in [0.1, 0.15) is 56.8 Å². The van der Waals surface area contributed by atoms with E-state index in [9.17, 15) is 4.79 Å². The minimum Gasteiger partial charge on any atom is -0.444 e. The number of amides is 1. The third kappa shape index (κ3) is 3.53. The average molecular weight is 364 g/mol. The van der Waals surface area contributed by atoms with Gasteiger partial charge in [-0.1, -0.05) is 48.5 Å². The lowest BCUT2D eigenvalue weighted by molar-refractivity contribution is -0.00379. The molecule has 0 aromatic heterocycles. The van der Waals surface area contributed by atoms with Gasteiger partial charge in [-0.15, -0.1) is 0 Å². The number of benzene rings is 2. The molecule has 3 atom stereocenters. The first-order valence-corrected chi connectivity index (χ1v) is 9.84. The van der Waals surface area contributed by atoms with Gasteiger partial charge in [-0.2, -0.15) is 0 Å². The number of nitrogens with one attached hydrogen (secondary N) is 1. The van der Waals surface area contributed by atoms with E-state index in [1.54, 1.807) is 0 Å². The fraction of sp³-hybridized carbons (Fsp3) is 0.435. The summed E-state index contributed by atoms with van der Waals surface area (Å²) < 4.78 is 5.75. The molecule has 0 spiro atoms. The first-order chi connectivity index (χ1) is 12.9. The zero-order valence-corrected chi connectivity index (χ0v) is 16.3. The van der Waals surface area contributed by atoms with Crippen molar-refractivity contribution in [3.05, 3.63) is 65.7 Å². The number of hydrogen-bond donors (Lipinski definition) is 1. The Labute approximate surface area is 161 Å². The second-order valence-electron chi connectivity index (χ2n) is 8.54. The molecule has 1 fully saturated rings. The van der Waals surface area contributed by atoms with E-state index < -0.39 is 5.60 Å². The number of anilines is 1. The summed E-state index contributed by atoms with van der Waals surface area (Å²) in [5, 5.41) is 3.74. The largest absolute Gasteiger partial charge is 0.444 e. The molecule has 27 heavy (non-hydrogen) atoms. The molecule has 4 nitrogen and oxygen atoms in total. The van der Waals surface area contributed by atoms with E-state index in [4.69, 9.17) is 4.74 Å². The summed E-state index contributed by atoms with van der Waals surface area (Å²) in [4.78, 5) is 15.0. The maximum absolute atomic E-state index is 13.0. The molecule has 1 saturated heterocycles. The molecule has 0 aliphatic carbocycles. The van der Waals surface area contributed by atoms with Crippen LogP contribution in [0.3, 0.4) is 0 Å². The number of piperidine rings is 1. The van der Waals surface area contributed by atoms with Crippen LogP contribution in [0.2, 0.25) is 0 Å². The van der Waals surface area contributed by atoms with Gasteiger partial charge in [0.25, 0.3) is 0 Å². The number of fused-ring (bicyclic) bond motifs is 3. The van der Waals surface area contributed by atoms with Crippen molar-refractivity contribution in [1.29, 1.82) is 0 Å². The van der Waals surface area contributed by atoms with Gasteiger partial charge in [0.15, 0.2) is 0 Å². The van der Waals surface area contributed by atoms with Crippen LogP contribution in [0.15, 0.2) is 54.6 Å². The maximum Gasteiger partial charge on any atom is 0.410 e. The summed E-state index contributed by atoms with van der Waals surface area (Å²) in [5.74, 6) is 0.323. The van der Waals surface area contributed by atoms with E-state index in [0.29, 0.717) is 5.92 Å². The number of rotatable bonds is 1. The highest BCUT2D eigenvalue weighted by Gasteiger charge is 2.45. The lowest BCUT2D eigenvalue weighted by Crippen LogP contribution is -2.49. The molecule has 1 N–H and O–H groups in total. The highest BCUT2D eigenvalue weighted by Crippen LogP contribution is 2.50. The quantitative estimate of drug-likeness (QED) is 0.722. The number of carbonyl (C=O) groups excluding carboxylic acids is 1. The average Bonchev–Trinajstić information content (AvgIpc) is 2.66. The van der Waals surface area contributed by atoms with Gasteiger partial charge in [0, 0.05) is 18.2 Å². The van der Waals surface area contributed by atoms with Crippen molar-refractivity contribution in [2.45, 2.75) is 51.3 Å². The molecule has 4 heteroatoms. The highest BCUT2D eigenvalue weighted by molar-refractivity contribution is 5.71. The Bertz CT molecular complexity index is 813. The summed E-state index contributed by atoms with van der Waals surface area (Å²) in [6, 6.07) is 19.2. The molecule has 1 amide bonds. The van der Waals surface area contributed by atoms with Gasteiger partial charge in [-0.3, -0.25) is 0 Å². The number of para-hydroxylation sites is 1. The van der Waals surface area contributed by atoms with Crippen LogP contribution < -0.4 is 5.32 Å². The summed E-state index contributed by atoms with van der Waals surface area (Å²) >= 11 is 0. The second-order valence-corrected chi connectivity index (χ2v) is 8.54. The second kappa shape index (κ2) is 6.91. The maximum atomic E-state index is 13.0. The zero-order chi connectivity index (χ0) is 19.0. The molecule has 2 aliphatic heterocycles. The van der Waals surface area contributed by atoms with E-state index in [0.717, 1.165) is 25.1 Å². The molecule has 2 aromatic carbocycles. The van der Waals surface area contributed by atoms with Gasteiger partial charge in [-0.25, -0.2) is 4.79 Å². The molecular formula is C23H28N2O2. The van der Waals surface area contributed by atoms with Crippen LogP contribution in [0, 0.1) is 5.92 Å². The van der Waals surface area contributed by atoms with Gasteiger partial charge in [-0.05, 0) is 50.8 Å². The van der Waals surface area contributed by atoms with Crippen LogP contribution in [0.25, 0.3) is 0 Å². The van der Waals surface area contributed by atoms with Crippen molar-refractivity contribution < 1.29 is 9.53 Å². The van der Waals surface area contributed by atoms with Crippen molar-refractivity contribution >= 4 is 11.8 Å². The minimum absolute atomic E-state index is 0.0382. The predicted octanol–water partition coefficient (Wildman–Crippen LogP) is 5.54. The zero-order valence-electron chi connectivity index (χ0n) is 16.3. The normalized spacial score (nSPS) is 24.4. The first kappa shape index (κ1) is 17.9. The van der Waals surface area contributed by atoms with Gasteiger partial charge >= 0.3 is 6.09 Å². The summed E-state index contributed by atoms with van der Waals surface area (Å²) in [6.45, 7) is 6.52. The van der Waals surface area contributed by atoms with Crippen LogP contribution in [-0.4, -0.2) is 23.1 Å². The topological polar surface area (TPSA) is 41.6 Å². The van der Waals surface area contributed by atoms with Crippen LogP contribution in [-0.2, 0) is 4.74 Å². The molecule has 2 heterocycles. The van der Waals surface area contributed by atoms with Gasteiger partial charge in [0.2, 0.25) is 0 Å². The van der Waals surface area contributed by atoms with Crippen molar-refractivity contribution in [2.75, 3.05) is 11.9 Å². The number of ether oxygens (including phenoxy) is 1. The molecule has 0 unspecified atom stereocenters. The lowest BCUT2D eigenvalue weighted by Gasteiger charge is -2.48. The smallest absolute Gasteiger partial charge is 0.410 e. The third-order valence-corrected chi connectivity index (χ3v) is 5.48. The van der Waals surface area contributed by atoms with Crippen LogP contribution >= 0.6 is 0 Å². The molecule has 0 radical (unpaired) electrons. The third-order valence-electron chi connectivity index (χ3n) is 5.48. The summed E-state index contributed by atoms with van der Waals surface area (Å²) in [7, 11) is 0. The Morgan fingerprint density at radius 3 is 2.52 bits per heavy atom. The summed E-state index contributed by atoms with van der Waals surface area (Å²) in [5.41, 5.74) is 3.09. The monoisotopic (exact) mass is 364 g/mol. The van der Waals surface area contributed by atoms with Crippen LogP contribution in [0.5, 0.6) is 0 Å². The van der Waals surface area contributed by atoms with Gasteiger partial charge < -0.3 is 15.0 Å². The number of hydrogen-bond acceptors (Lipinski definition) is 3. The van der Waals surface area contributed by atoms with E-state index in [1.807, 2.05) is 31.7 Å². The highest BCUT2D eigenvalue weighted by atomic mass is 16.6. The van der Waals surface area contributed by atoms with Crippen molar-refractivity contribution in [3.63, 3.8) is 0 Å². The van der Waals surface area contributed by atoms with Gasteiger partial charge in [0.1, 0.15) is 5.60 Å². The van der Waals surface area contributed by atoms with E-state index in [1.165, 1.54) is 11.1 Å².